The van der Waals surface area contributed by atoms with E-state index in [2.05, 4.69) is 13.2 Å². The number of carbonyl (C=O) groups is 3. The minimum absolute atomic E-state index is 0.00581. The number of carbonyl (C=O) groups excluding carboxylic acids is 3. The van der Waals surface area contributed by atoms with Crippen LogP contribution in [0.1, 0.15) is 63.9 Å². The van der Waals surface area contributed by atoms with Crippen LogP contribution in [0.2, 0.25) is 0 Å². The lowest BCUT2D eigenvalue weighted by atomic mass is 9.70. The molecule has 2 unspecified atom stereocenters. The van der Waals surface area contributed by atoms with E-state index in [1.54, 1.807) is 28.8 Å². The number of benzene rings is 1. The van der Waals surface area contributed by atoms with Gasteiger partial charge in [-0.3, -0.25) is 14.4 Å². The molecule has 222 valence electrons. The first-order valence-electron chi connectivity index (χ1n) is 15.4. The number of aliphatic hydroxyl groups is 1. The quantitative estimate of drug-likeness (QED) is 0.371. The molecule has 4 fully saturated rings. The van der Waals surface area contributed by atoms with E-state index in [1.807, 2.05) is 47.1 Å². The molecule has 1 spiro atoms. The first-order valence-corrected chi connectivity index (χ1v) is 16.3. The van der Waals surface area contributed by atoms with Crippen LogP contribution in [0.25, 0.3) is 0 Å². The summed E-state index contributed by atoms with van der Waals surface area (Å²) in [5, 5.41) is 10.4. The van der Waals surface area contributed by atoms with E-state index in [0.29, 0.717) is 26.1 Å². The van der Waals surface area contributed by atoms with Gasteiger partial charge in [-0.05, 0) is 37.7 Å². The Morgan fingerprint density at radius 1 is 1.10 bits per heavy atom. The highest BCUT2D eigenvalue weighted by atomic mass is 32.2. The Bertz CT molecular complexity index is 1130. The van der Waals surface area contributed by atoms with Crippen LogP contribution < -0.4 is 0 Å². The maximum atomic E-state index is 14.7. The summed E-state index contributed by atoms with van der Waals surface area (Å²) in [6, 6.07) is 8.87. The standard InChI is InChI=1S/C33H45N3O4S/c1-4-19-34(21-23-13-9-7-10-14-23)30(38)27-26-17-18-33(41-26)28(27)31(39)36(24(6-3)22-37)29(33)32(40)35(20-5-2)25-15-11-8-12-16-25/h4-5,7,9-10,13-14,24-29,37H,1-2,6,8,11-12,15-22H2,3H3/t24-,26+,27-,28-,29?,33?/m0/s1. The zero-order chi connectivity index (χ0) is 29.1. The number of thioether (sulfide) groups is 1. The molecule has 0 radical (unpaired) electrons. The lowest BCUT2D eigenvalue weighted by molar-refractivity contribution is -0.148. The number of likely N-dealkylation sites (tertiary alicyclic amines) is 1. The Balaban J connectivity index is 1.52. The van der Waals surface area contributed by atoms with Crippen LogP contribution >= 0.6 is 11.8 Å². The highest BCUT2D eigenvalue weighted by Crippen LogP contribution is 2.67. The van der Waals surface area contributed by atoms with E-state index in [4.69, 9.17) is 0 Å². The first-order chi connectivity index (χ1) is 19.9. The van der Waals surface area contributed by atoms with Crippen molar-refractivity contribution in [3.8, 4) is 0 Å². The molecule has 1 saturated carbocycles. The van der Waals surface area contributed by atoms with Crippen molar-refractivity contribution in [3.63, 3.8) is 0 Å². The third-order valence-corrected chi connectivity index (χ3v) is 11.8. The van der Waals surface area contributed by atoms with E-state index in [-0.39, 0.29) is 35.6 Å². The molecule has 3 heterocycles. The van der Waals surface area contributed by atoms with Crippen LogP contribution in [0.15, 0.2) is 55.6 Å². The van der Waals surface area contributed by atoms with Crippen LogP contribution in [-0.2, 0) is 20.9 Å². The van der Waals surface area contributed by atoms with E-state index >= 15 is 0 Å². The zero-order valence-corrected chi connectivity index (χ0v) is 25.1. The number of hydrogen-bond donors (Lipinski definition) is 1. The van der Waals surface area contributed by atoms with Gasteiger partial charge < -0.3 is 19.8 Å². The number of nitrogens with zero attached hydrogens (tertiary/aromatic N) is 3. The topological polar surface area (TPSA) is 81.2 Å². The summed E-state index contributed by atoms with van der Waals surface area (Å²) in [4.78, 5) is 49.0. The molecule has 1 aromatic rings. The van der Waals surface area contributed by atoms with Crippen molar-refractivity contribution in [2.45, 2.75) is 93.0 Å². The summed E-state index contributed by atoms with van der Waals surface area (Å²) in [6.45, 7) is 10.9. The minimum atomic E-state index is -0.686. The van der Waals surface area contributed by atoms with Crippen LogP contribution in [0.3, 0.4) is 0 Å². The third kappa shape index (κ3) is 5.27. The van der Waals surface area contributed by atoms with Crippen LogP contribution in [0.4, 0.5) is 0 Å². The van der Waals surface area contributed by atoms with E-state index in [0.717, 1.165) is 44.1 Å². The Morgan fingerprint density at radius 2 is 1.80 bits per heavy atom. The summed E-state index contributed by atoms with van der Waals surface area (Å²) >= 11 is 1.70. The number of amides is 3. The first kappa shape index (κ1) is 29.9. The molecule has 3 amide bonds. The second-order valence-corrected chi connectivity index (χ2v) is 13.7. The fourth-order valence-electron chi connectivity index (χ4n) is 7.97. The number of hydrogen-bond acceptors (Lipinski definition) is 5. The van der Waals surface area contributed by atoms with Gasteiger partial charge in [-0.25, -0.2) is 0 Å². The smallest absolute Gasteiger partial charge is 0.247 e. The summed E-state index contributed by atoms with van der Waals surface area (Å²) in [6.07, 6.45) is 10.9. The van der Waals surface area contributed by atoms with Gasteiger partial charge in [-0.1, -0.05) is 68.7 Å². The highest BCUT2D eigenvalue weighted by molar-refractivity contribution is 8.02. The Morgan fingerprint density at radius 3 is 2.44 bits per heavy atom. The van der Waals surface area contributed by atoms with Gasteiger partial charge in [0.1, 0.15) is 6.04 Å². The van der Waals surface area contributed by atoms with Gasteiger partial charge in [-0.2, -0.15) is 0 Å². The van der Waals surface area contributed by atoms with Gasteiger partial charge in [-0.15, -0.1) is 24.9 Å². The molecule has 3 saturated heterocycles. The van der Waals surface area contributed by atoms with Crippen molar-refractivity contribution < 1.29 is 19.5 Å². The van der Waals surface area contributed by atoms with Crippen molar-refractivity contribution >= 4 is 29.5 Å². The van der Waals surface area contributed by atoms with Gasteiger partial charge in [0.15, 0.2) is 0 Å². The molecule has 5 rings (SSSR count). The normalized spacial score (nSPS) is 29.7. The fraction of sp³-hybridized carbons (Fsp3) is 0.606. The second-order valence-electron chi connectivity index (χ2n) is 12.1. The molecule has 4 aliphatic rings. The van der Waals surface area contributed by atoms with Crippen molar-refractivity contribution in [3.05, 3.63) is 61.2 Å². The maximum absolute atomic E-state index is 14.7. The molecule has 1 N–H and O–H groups in total. The molecule has 8 heteroatoms. The van der Waals surface area contributed by atoms with Crippen molar-refractivity contribution in [1.29, 1.82) is 0 Å². The minimum Gasteiger partial charge on any atom is -0.394 e. The zero-order valence-electron chi connectivity index (χ0n) is 24.3. The Kier molecular flexibility index (Phi) is 9.29. The molecule has 7 nitrogen and oxygen atoms in total. The monoisotopic (exact) mass is 579 g/mol. The predicted molar refractivity (Wildman–Crippen MR) is 163 cm³/mol. The van der Waals surface area contributed by atoms with E-state index in [1.165, 1.54) is 6.42 Å². The number of aliphatic hydroxyl groups excluding tert-OH is 1. The maximum Gasteiger partial charge on any atom is 0.247 e. The Labute approximate surface area is 249 Å². The molecule has 3 aliphatic heterocycles. The van der Waals surface area contributed by atoms with Crippen LogP contribution in [0, 0.1) is 11.8 Å². The Hall–Kier alpha value is -2.58. The molecular formula is C33H45N3O4S. The molecule has 0 aromatic heterocycles. The van der Waals surface area contributed by atoms with Crippen molar-refractivity contribution in [2.75, 3.05) is 19.7 Å². The van der Waals surface area contributed by atoms with Crippen LogP contribution in [-0.4, -0.2) is 85.3 Å². The van der Waals surface area contributed by atoms with Crippen LogP contribution in [0.5, 0.6) is 0 Å². The summed E-state index contributed by atoms with van der Waals surface area (Å²) in [5.74, 6) is -1.28. The average Bonchev–Trinajstić information content (AvgIpc) is 3.64. The number of rotatable bonds is 12. The predicted octanol–water partition coefficient (Wildman–Crippen LogP) is 4.41. The third-order valence-electron chi connectivity index (χ3n) is 9.83. The molecule has 6 atom stereocenters. The van der Waals surface area contributed by atoms with Crippen molar-refractivity contribution in [2.24, 2.45) is 11.8 Å². The van der Waals surface area contributed by atoms with E-state index < -0.39 is 28.7 Å². The fourth-order valence-corrected chi connectivity index (χ4v) is 10.2. The van der Waals surface area contributed by atoms with E-state index in [9.17, 15) is 19.5 Å². The molecule has 1 aliphatic carbocycles. The second kappa shape index (κ2) is 12.7. The summed E-state index contributed by atoms with van der Waals surface area (Å²) in [5.41, 5.74) is 1.03. The molecule has 1 aromatic carbocycles. The lowest BCUT2D eigenvalue weighted by Crippen LogP contribution is -2.59. The van der Waals surface area contributed by atoms with Gasteiger partial charge in [0.05, 0.1) is 29.2 Å². The summed E-state index contributed by atoms with van der Waals surface area (Å²) < 4.78 is -0.664. The SMILES string of the molecule is C=CCN(Cc1ccccc1)C(=O)[C@@H]1[C@H]2C(=O)N([C@@H](CC)CO)C(C(=O)N(CC=C)C3CCCCC3)C23CC[C@H]1S3. The number of fused-ring (bicyclic) bond motifs is 1. The summed E-state index contributed by atoms with van der Waals surface area (Å²) in [7, 11) is 0. The van der Waals surface area contributed by atoms with Gasteiger partial charge in [0, 0.05) is 30.9 Å². The van der Waals surface area contributed by atoms with Gasteiger partial charge in [0.2, 0.25) is 17.7 Å². The van der Waals surface area contributed by atoms with Crippen molar-refractivity contribution in [1.82, 2.24) is 14.7 Å². The average molecular weight is 580 g/mol. The molecular weight excluding hydrogens is 534 g/mol. The molecule has 41 heavy (non-hydrogen) atoms. The van der Waals surface area contributed by atoms with Gasteiger partial charge in [0.25, 0.3) is 0 Å². The largest absolute Gasteiger partial charge is 0.394 e. The lowest BCUT2D eigenvalue weighted by Gasteiger charge is -2.42. The van der Waals surface area contributed by atoms with Gasteiger partial charge >= 0.3 is 0 Å². The highest BCUT2D eigenvalue weighted by Gasteiger charge is 2.74. The molecule has 2 bridgehead atoms.